The number of likely N-dealkylation sites (N-methyl/N-ethyl adjacent to an activating group) is 2. The maximum Gasteiger partial charge on any atom is 0.259 e. The summed E-state index contributed by atoms with van der Waals surface area (Å²) in [4.78, 5) is 84.8. The fourth-order valence-corrected chi connectivity index (χ4v) is 15.6. The molecule has 114 heavy (non-hydrogen) atoms. The third-order valence-corrected chi connectivity index (χ3v) is 22.1. The van der Waals surface area contributed by atoms with Crippen LogP contribution in [0.3, 0.4) is 0 Å². The first-order valence-electron chi connectivity index (χ1n) is 37.9. The summed E-state index contributed by atoms with van der Waals surface area (Å²) in [5.74, 6) is 2.16. The Hall–Kier alpha value is -11.8. The van der Waals surface area contributed by atoms with Crippen LogP contribution in [0, 0.1) is 35.1 Å². The Kier molecular flexibility index (Phi) is 23.7. The van der Waals surface area contributed by atoms with Crippen LogP contribution in [0.5, 0.6) is 23.0 Å². The quantitative estimate of drug-likeness (QED) is 0.0855. The maximum absolute atomic E-state index is 14.1. The molecule has 25 nitrogen and oxygen atoms in total. The highest BCUT2D eigenvalue weighted by Crippen LogP contribution is 2.36. The fourth-order valence-electron chi connectivity index (χ4n) is 15.6. The lowest BCUT2D eigenvalue weighted by molar-refractivity contribution is 0.214. The molecule has 0 bridgehead atoms. The second-order valence-corrected chi connectivity index (χ2v) is 29.7. The molecule has 12 aromatic rings. The number of aliphatic hydroxyl groups is 1. The normalized spacial score (nSPS) is 17.6. The van der Waals surface area contributed by atoms with Gasteiger partial charge in [-0.15, -0.1) is 0 Å². The monoisotopic (exact) mass is 1560 g/mol. The number of rotatable bonds is 16. The summed E-state index contributed by atoms with van der Waals surface area (Å²) in [6.07, 6.45) is 10.8. The molecule has 0 aliphatic carbocycles. The van der Waals surface area contributed by atoms with Gasteiger partial charge in [-0.2, -0.15) is 0 Å². The van der Waals surface area contributed by atoms with Gasteiger partial charge >= 0.3 is 0 Å². The Labute approximate surface area is 655 Å². The van der Waals surface area contributed by atoms with E-state index in [0.717, 1.165) is 120 Å². The molecule has 594 valence electrons. The highest BCUT2D eigenvalue weighted by atomic mass is 19.1. The SMILES string of the molecule is COc1ccc(-c2cc(=O)n3cc(N4C[C@H]5CN(CCO)C[C@H]5C4)ccc3n2)cc1F.COc1ccc(-c2ccc3nc(N4CCC(N)CC4)cc(=O)n3c2)cc1F.COc1ccc(-c2ccc3nc(N4CC[C@@H](N(C)C)C4)cc(=O)n3c2)cc1F.COc1ccc(-c2ccc3nc(N4CC[C@H](N(C)C)C4)cc(=O)n3c2)cc1F. The summed E-state index contributed by atoms with van der Waals surface area (Å²) in [5.41, 5.74) is 13.7. The average molecular weight is 1560 g/mol. The van der Waals surface area contributed by atoms with Gasteiger partial charge in [-0.3, -0.25) is 36.8 Å². The van der Waals surface area contributed by atoms with Crippen molar-refractivity contribution in [3.05, 3.63) is 235 Å². The van der Waals surface area contributed by atoms with Crippen molar-refractivity contribution in [1.82, 2.24) is 52.2 Å². The van der Waals surface area contributed by atoms with Gasteiger partial charge in [0, 0.05) is 145 Å². The van der Waals surface area contributed by atoms with Crippen molar-refractivity contribution in [2.45, 2.75) is 43.8 Å². The van der Waals surface area contributed by atoms with Gasteiger partial charge in [0.2, 0.25) is 0 Å². The number of likely N-dealkylation sites (tertiary alicyclic amines) is 1. The molecule has 0 radical (unpaired) electrons. The van der Waals surface area contributed by atoms with Gasteiger partial charge in [0.05, 0.1) is 46.4 Å². The number of nitrogens with two attached hydrogens (primary N) is 1. The summed E-state index contributed by atoms with van der Waals surface area (Å²) in [6, 6.07) is 40.7. The number of anilines is 4. The van der Waals surface area contributed by atoms with E-state index in [4.69, 9.17) is 29.8 Å². The molecule has 5 fully saturated rings. The van der Waals surface area contributed by atoms with Crippen LogP contribution in [0.4, 0.5) is 40.7 Å². The lowest BCUT2D eigenvalue weighted by Gasteiger charge is -2.31. The summed E-state index contributed by atoms with van der Waals surface area (Å²) >= 11 is 0. The lowest BCUT2D eigenvalue weighted by Crippen LogP contribution is -2.40. The van der Waals surface area contributed by atoms with Crippen molar-refractivity contribution >= 4 is 45.7 Å². The molecule has 5 aliphatic rings. The molecule has 4 aromatic carbocycles. The Bertz CT molecular complexity index is 5590. The Morgan fingerprint density at radius 2 is 0.737 bits per heavy atom. The van der Waals surface area contributed by atoms with Crippen molar-refractivity contribution in [3.63, 3.8) is 0 Å². The maximum atomic E-state index is 14.1. The number of methoxy groups -OCH3 is 4. The number of piperidine rings is 1. The van der Waals surface area contributed by atoms with E-state index in [-0.39, 0.29) is 57.9 Å². The Balaban J connectivity index is 0.000000126. The van der Waals surface area contributed by atoms with Crippen molar-refractivity contribution < 1.29 is 41.6 Å². The zero-order valence-corrected chi connectivity index (χ0v) is 64.9. The predicted molar refractivity (Wildman–Crippen MR) is 434 cm³/mol. The number of fused-ring (bicyclic) bond motifs is 5. The van der Waals surface area contributed by atoms with E-state index in [1.807, 2.05) is 36.5 Å². The van der Waals surface area contributed by atoms with Crippen molar-refractivity contribution in [3.8, 4) is 67.6 Å². The molecule has 0 unspecified atom stereocenters. The van der Waals surface area contributed by atoms with Crippen LogP contribution in [0.1, 0.15) is 25.7 Å². The number of nitrogens with zero attached hydrogens (tertiary/aromatic N) is 15. The van der Waals surface area contributed by atoms with E-state index in [9.17, 15) is 36.7 Å². The smallest absolute Gasteiger partial charge is 0.259 e. The number of halogens is 4. The predicted octanol–water partition coefficient (Wildman–Crippen LogP) is 9.61. The van der Waals surface area contributed by atoms with E-state index in [1.54, 1.807) is 102 Å². The van der Waals surface area contributed by atoms with E-state index in [2.05, 4.69) is 82.4 Å². The molecule has 0 spiro atoms. The standard InChI is InChI=1S/C23H25FN4O3.2C21H23FN4O2.C20H21FN4O2/c1-31-21-4-2-15(8-19(21)24)20-9-23(30)28-14-18(3-5-22(28)25-20)27-12-16-10-26(6-7-29)11-17(16)13-27;2*1-24(2)16-8-9-25(13-16)20-11-21(27)26-12-15(5-7-19(26)23-20)14-4-6-18(28-3)17(22)10-14;1-27-17-4-2-13(10-16(17)21)14-3-5-18-23-19(11-20(26)25(18)12-14)24-8-6-15(22)7-9-24/h2-5,8-9,14,16-17,29H,6-7,10-13H2,1H3;2*4-7,10-12,16H,8-9,13H2,1-3H3;2-5,10-12,15H,6-9,22H2,1H3/t16-,17+;2*16-;/m.10./s1. The average Bonchev–Trinajstić information content (AvgIpc) is 1.56. The van der Waals surface area contributed by atoms with Crippen LogP contribution in [0.25, 0.3) is 67.2 Å². The number of benzene rings is 4. The molecule has 0 amide bonds. The largest absolute Gasteiger partial charge is 0.494 e. The molecule has 5 aliphatic heterocycles. The second kappa shape index (κ2) is 34.3. The molecule has 0 saturated carbocycles. The molecule has 29 heteroatoms. The van der Waals surface area contributed by atoms with Gasteiger partial charge in [-0.1, -0.05) is 18.2 Å². The van der Waals surface area contributed by atoms with E-state index >= 15 is 0 Å². The third-order valence-electron chi connectivity index (χ3n) is 22.1. The van der Waals surface area contributed by atoms with Gasteiger partial charge in [0.15, 0.2) is 46.3 Å². The molecular formula is C85H92F4N16O9. The fraction of sp³-hybridized carbons (Fsp3) is 0.341. The highest BCUT2D eigenvalue weighted by Gasteiger charge is 2.40. The summed E-state index contributed by atoms with van der Waals surface area (Å²) in [5, 5.41) is 9.16. The first-order valence-corrected chi connectivity index (χ1v) is 37.9. The van der Waals surface area contributed by atoms with Crippen molar-refractivity contribution in [1.29, 1.82) is 0 Å². The van der Waals surface area contributed by atoms with Crippen molar-refractivity contribution in [2.75, 3.05) is 155 Å². The topological polar surface area (TPSA) is 243 Å². The number of aliphatic hydroxyl groups excluding tert-OH is 1. The lowest BCUT2D eigenvalue weighted by atomic mass is 10.0. The number of hydrogen-bond donors (Lipinski definition) is 2. The Morgan fingerprint density at radius 3 is 1.11 bits per heavy atom. The number of β-amino-alcohol motifs (C(OH)–C–C–N with tert-alkyl or cyclic N) is 1. The number of pyridine rings is 4. The van der Waals surface area contributed by atoms with Crippen molar-refractivity contribution in [2.24, 2.45) is 17.6 Å². The zero-order chi connectivity index (χ0) is 80.2. The minimum absolute atomic E-state index is 0.149. The van der Waals surface area contributed by atoms with Crippen LogP contribution in [0.2, 0.25) is 0 Å². The van der Waals surface area contributed by atoms with Crippen LogP contribution in [-0.4, -0.2) is 211 Å². The first kappa shape index (κ1) is 78.9. The van der Waals surface area contributed by atoms with Crippen LogP contribution in [0.15, 0.2) is 190 Å². The molecule has 13 heterocycles. The Morgan fingerprint density at radius 1 is 0.395 bits per heavy atom. The number of ether oxygens (including phenoxy) is 4. The number of hydrogen-bond acceptors (Lipinski definition) is 21. The highest BCUT2D eigenvalue weighted by molar-refractivity contribution is 5.70. The second-order valence-electron chi connectivity index (χ2n) is 29.7. The number of aromatic nitrogens is 8. The van der Waals surface area contributed by atoms with Gasteiger partial charge in [0.1, 0.15) is 40.0 Å². The molecule has 8 aromatic heterocycles. The minimum atomic E-state index is -0.491. The van der Waals surface area contributed by atoms with Crippen LogP contribution >= 0.6 is 0 Å². The van der Waals surface area contributed by atoms with Gasteiger partial charge in [-0.25, -0.2) is 37.5 Å². The van der Waals surface area contributed by atoms with E-state index in [1.165, 1.54) is 78.0 Å². The molecular weight excluding hydrogens is 1470 g/mol. The first-order chi connectivity index (χ1) is 55.0. The van der Waals surface area contributed by atoms with Gasteiger partial charge in [0.25, 0.3) is 22.2 Å². The molecule has 5 saturated heterocycles. The van der Waals surface area contributed by atoms with Gasteiger partial charge in [-0.05, 0) is 202 Å². The van der Waals surface area contributed by atoms with E-state index in [0.29, 0.717) is 91.9 Å². The molecule has 3 N–H and O–H groups in total. The summed E-state index contributed by atoms with van der Waals surface area (Å²) in [6.45, 7) is 9.95. The summed E-state index contributed by atoms with van der Waals surface area (Å²) in [7, 11) is 14.0. The molecule has 4 atom stereocenters. The summed E-state index contributed by atoms with van der Waals surface area (Å²) < 4.78 is 82.0. The van der Waals surface area contributed by atoms with Crippen LogP contribution in [-0.2, 0) is 0 Å². The van der Waals surface area contributed by atoms with Gasteiger partial charge < -0.3 is 64.1 Å². The van der Waals surface area contributed by atoms with Crippen LogP contribution < -0.4 is 66.5 Å². The minimum Gasteiger partial charge on any atom is -0.494 e. The zero-order valence-electron chi connectivity index (χ0n) is 64.9. The van der Waals surface area contributed by atoms with E-state index < -0.39 is 23.3 Å². The molecule has 17 rings (SSSR count). The third kappa shape index (κ3) is 17.2.